The first-order valence-corrected chi connectivity index (χ1v) is 20.7. The predicted molar refractivity (Wildman–Crippen MR) is 229 cm³/mol. The van der Waals surface area contributed by atoms with Crippen molar-refractivity contribution in [3.8, 4) is 34.6 Å². The zero-order chi connectivity index (χ0) is 38.8. The van der Waals surface area contributed by atoms with E-state index in [4.69, 9.17) is 28.9 Å². The number of rotatable bonds is 11. The fourth-order valence-corrected chi connectivity index (χ4v) is 13.8. The smallest absolute Gasteiger partial charge is 0.225 e. The Morgan fingerprint density at radius 3 is 1.06 bits per heavy atom. The Morgan fingerprint density at radius 1 is 0.370 bits per heavy atom. The number of benzene rings is 4. The molecule has 2 aromatic heterocycles. The number of nitrogens with zero attached hydrogens (tertiary/aromatic N) is 2. The largest absolute Gasteiger partial charge is 0.481 e. The molecule has 0 aliphatic heterocycles. The SMILES string of the molecule is COc1ccc(-c2c(OC)nc(OC)c(P(c3cc(C)cc(C)c3)c3cc(C)cc(C)c3)c2P(c2cc(C)cc(C)c2)c2cc(C)cc(C)c2)c(OC)n1. The van der Waals surface area contributed by atoms with E-state index in [9.17, 15) is 0 Å². The lowest BCUT2D eigenvalue weighted by atomic mass is 10.1. The molecule has 8 heteroatoms. The van der Waals surface area contributed by atoms with E-state index >= 15 is 0 Å². The summed E-state index contributed by atoms with van der Waals surface area (Å²) in [6.07, 6.45) is 0. The summed E-state index contributed by atoms with van der Waals surface area (Å²) in [4.78, 5) is 10.0. The van der Waals surface area contributed by atoms with Crippen LogP contribution in [-0.4, -0.2) is 38.4 Å². The van der Waals surface area contributed by atoms with Gasteiger partial charge in [0.15, 0.2) is 0 Å². The molecule has 0 spiro atoms. The molecule has 6 aromatic rings. The number of aryl methyl sites for hydroxylation is 8. The van der Waals surface area contributed by atoms with Crippen molar-refractivity contribution in [2.75, 3.05) is 28.4 Å². The maximum absolute atomic E-state index is 6.44. The first kappa shape index (κ1) is 38.9. The lowest BCUT2D eigenvalue weighted by molar-refractivity contribution is 0.362. The van der Waals surface area contributed by atoms with Crippen LogP contribution < -0.4 is 50.8 Å². The lowest BCUT2D eigenvalue weighted by Crippen LogP contribution is -2.38. The Morgan fingerprint density at radius 2 is 0.722 bits per heavy atom. The molecule has 4 aromatic carbocycles. The molecule has 2 heterocycles. The Kier molecular flexibility index (Phi) is 11.8. The van der Waals surface area contributed by atoms with Gasteiger partial charge in [0.05, 0.1) is 44.9 Å². The Bertz CT molecular complexity index is 2170. The van der Waals surface area contributed by atoms with E-state index in [1.165, 1.54) is 65.7 Å². The second-order valence-corrected chi connectivity index (χ2v) is 18.5. The molecule has 0 saturated heterocycles. The third-order valence-corrected chi connectivity index (χ3v) is 14.3. The standard InChI is InChI=1S/C46H50N2O4P2/c1-27-15-28(2)20-35(19-27)53(36-21-29(3)16-30(4)22-36)42-41(39-13-14-40(49-9)47-44(39)50-10)45(51-11)48-46(52-12)43(42)54(37-23-31(5)17-32(6)24-37)38-25-33(7)18-34(8)26-38/h13-26H,1-12H3. The van der Waals surface area contributed by atoms with Gasteiger partial charge in [-0.1, -0.05) is 117 Å². The van der Waals surface area contributed by atoms with Crippen LogP contribution in [0.5, 0.6) is 23.5 Å². The van der Waals surface area contributed by atoms with Gasteiger partial charge in [-0.2, -0.15) is 9.97 Å². The van der Waals surface area contributed by atoms with Crippen LogP contribution in [0.3, 0.4) is 0 Å². The Hall–Kier alpha value is -4.76. The second kappa shape index (κ2) is 16.3. The fourth-order valence-electron chi connectivity index (χ4n) is 7.49. The third-order valence-electron chi connectivity index (χ3n) is 9.28. The van der Waals surface area contributed by atoms with Crippen LogP contribution in [0.15, 0.2) is 84.9 Å². The molecule has 0 unspecified atom stereocenters. The van der Waals surface area contributed by atoms with Crippen molar-refractivity contribution in [2.24, 2.45) is 0 Å². The molecule has 54 heavy (non-hydrogen) atoms. The summed E-state index contributed by atoms with van der Waals surface area (Å²) in [7, 11) is 4.09. The maximum Gasteiger partial charge on any atom is 0.225 e. The summed E-state index contributed by atoms with van der Waals surface area (Å²) in [5.74, 6) is 1.85. The van der Waals surface area contributed by atoms with E-state index in [0.29, 0.717) is 23.5 Å². The molecule has 6 rings (SSSR count). The van der Waals surface area contributed by atoms with Gasteiger partial charge in [0.25, 0.3) is 0 Å². The third kappa shape index (κ3) is 8.02. The molecule has 278 valence electrons. The van der Waals surface area contributed by atoms with Crippen LogP contribution in [0, 0.1) is 55.4 Å². The molecule has 0 bridgehead atoms. The second-order valence-electron chi connectivity index (χ2n) is 14.2. The van der Waals surface area contributed by atoms with Gasteiger partial charge in [0.2, 0.25) is 23.5 Å². The van der Waals surface area contributed by atoms with E-state index < -0.39 is 15.8 Å². The maximum atomic E-state index is 6.44. The van der Waals surface area contributed by atoms with Crippen LogP contribution in [0.4, 0.5) is 0 Å². The highest BCUT2D eigenvalue weighted by molar-refractivity contribution is 7.85. The van der Waals surface area contributed by atoms with Crippen molar-refractivity contribution < 1.29 is 18.9 Å². The first-order chi connectivity index (χ1) is 25.8. The number of methoxy groups -OCH3 is 4. The van der Waals surface area contributed by atoms with Gasteiger partial charge in [-0.25, -0.2) is 0 Å². The minimum absolute atomic E-state index is 0.421. The number of hydrogen-bond donors (Lipinski definition) is 0. The first-order valence-electron chi connectivity index (χ1n) is 18.0. The predicted octanol–water partition coefficient (Wildman–Crippen LogP) is 8.16. The van der Waals surface area contributed by atoms with Crippen molar-refractivity contribution in [3.63, 3.8) is 0 Å². The van der Waals surface area contributed by atoms with Gasteiger partial charge >= 0.3 is 0 Å². The Labute approximate surface area is 323 Å². The number of hydrogen-bond acceptors (Lipinski definition) is 6. The molecule has 0 N–H and O–H groups in total. The molecule has 0 radical (unpaired) electrons. The summed E-state index contributed by atoms with van der Waals surface area (Å²) in [6, 6.07) is 31.5. The monoisotopic (exact) mass is 756 g/mol. The number of aromatic nitrogens is 2. The summed E-state index contributed by atoms with van der Waals surface area (Å²) in [5.41, 5.74) is 11.2. The number of ether oxygens (including phenoxy) is 4. The van der Waals surface area contributed by atoms with Crippen LogP contribution in [0.1, 0.15) is 44.5 Å². The molecular weight excluding hydrogens is 706 g/mol. The van der Waals surface area contributed by atoms with Crippen molar-refractivity contribution in [1.82, 2.24) is 9.97 Å². The van der Waals surface area contributed by atoms with Crippen molar-refractivity contribution in [2.45, 2.75) is 55.4 Å². The van der Waals surface area contributed by atoms with Crippen molar-refractivity contribution >= 4 is 47.7 Å². The quantitative estimate of drug-likeness (QED) is 0.125. The highest BCUT2D eigenvalue weighted by Crippen LogP contribution is 2.48. The van der Waals surface area contributed by atoms with Gasteiger partial charge in [0.1, 0.15) is 0 Å². The van der Waals surface area contributed by atoms with E-state index in [1.807, 2.05) is 12.1 Å². The molecule has 0 aliphatic carbocycles. The summed E-state index contributed by atoms with van der Waals surface area (Å²) < 4.78 is 24.4. The normalized spacial score (nSPS) is 11.3. The van der Waals surface area contributed by atoms with Crippen LogP contribution in [-0.2, 0) is 0 Å². The van der Waals surface area contributed by atoms with Gasteiger partial charge in [-0.15, -0.1) is 0 Å². The molecule has 0 saturated carbocycles. The van der Waals surface area contributed by atoms with Gasteiger partial charge in [-0.05, 0) is 98.5 Å². The van der Waals surface area contributed by atoms with E-state index in [1.54, 1.807) is 28.4 Å². The summed E-state index contributed by atoms with van der Waals surface area (Å²) >= 11 is 0. The van der Waals surface area contributed by atoms with Gasteiger partial charge in [0, 0.05) is 11.4 Å². The minimum atomic E-state index is -1.29. The highest BCUT2D eigenvalue weighted by Gasteiger charge is 2.36. The van der Waals surface area contributed by atoms with E-state index in [-0.39, 0.29) is 0 Å². The molecule has 6 nitrogen and oxygen atoms in total. The summed E-state index contributed by atoms with van der Waals surface area (Å²) in [6.45, 7) is 17.4. The van der Waals surface area contributed by atoms with Crippen molar-refractivity contribution in [1.29, 1.82) is 0 Å². The average molecular weight is 757 g/mol. The van der Waals surface area contributed by atoms with Gasteiger partial charge in [-0.3, -0.25) is 0 Å². The topological polar surface area (TPSA) is 62.7 Å². The molecular formula is C46H50N2O4P2. The molecule has 0 fully saturated rings. The fraction of sp³-hybridized carbons (Fsp3) is 0.261. The zero-order valence-corrected chi connectivity index (χ0v) is 35.3. The van der Waals surface area contributed by atoms with Crippen LogP contribution in [0.2, 0.25) is 0 Å². The number of pyridine rings is 2. The zero-order valence-electron chi connectivity index (χ0n) is 33.5. The van der Waals surface area contributed by atoms with Gasteiger partial charge < -0.3 is 18.9 Å². The molecule has 0 amide bonds. The Balaban J connectivity index is 1.93. The molecule has 0 atom stereocenters. The molecule has 0 aliphatic rings. The van der Waals surface area contributed by atoms with E-state index in [0.717, 1.165) is 21.7 Å². The average Bonchev–Trinajstić information content (AvgIpc) is 3.10. The summed E-state index contributed by atoms with van der Waals surface area (Å²) in [5, 5.41) is 7.03. The van der Waals surface area contributed by atoms with Crippen LogP contribution in [0.25, 0.3) is 11.1 Å². The lowest BCUT2D eigenvalue weighted by Gasteiger charge is -2.32. The van der Waals surface area contributed by atoms with Crippen LogP contribution >= 0.6 is 15.8 Å². The van der Waals surface area contributed by atoms with E-state index in [2.05, 4.69) is 128 Å². The van der Waals surface area contributed by atoms with Crippen molar-refractivity contribution in [3.05, 3.63) is 129 Å². The minimum Gasteiger partial charge on any atom is -0.481 e. The highest BCUT2D eigenvalue weighted by atomic mass is 31.1.